The summed E-state index contributed by atoms with van der Waals surface area (Å²) < 4.78 is 18.7. The molecule has 33 heavy (non-hydrogen) atoms. The van der Waals surface area contributed by atoms with Gasteiger partial charge in [-0.15, -0.1) is 0 Å². The van der Waals surface area contributed by atoms with Crippen molar-refractivity contribution in [1.29, 1.82) is 0 Å². The van der Waals surface area contributed by atoms with Crippen molar-refractivity contribution >= 4 is 38.1 Å². The number of nitrogens with one attached hydrogen (secondary N) is 2. The molecule has 0 aromatic heterocycles. The smallest absolute Gasteiger partial charge is 0.161 e. The predicted molar refractivity (Wildman–Crippen MR) is 137 cm³/mol. The molecule has 4 aromatic rings. The van der Waals surface area contributed by atoms with Crippen molar-refractivity contribution in [3.8, 4) is 17.2 Å². The highest BCUT2D eigenvalue weighted by atomic mass is 79.9. The molecule has 0 unspecified atom stereocenters. The van der Waals surface area contributed by atoms with Crippen LogP contribution in [0.1, 0.15) is 18.7 Å². The molecular weight excluding hydrogens is 480 g/mol. The first kappa shape index (κ1) is 21.5. The molecule has 0 aliphatic carbocycles. The summed E-state index contributed by atoms with van der Waals surface area (Å²) in [5.41, 5.74) is 3.31. The van der Waals surface area contributed by atoms with Crippen LogP contribution in [0.4, 0.5) is 11.4 Å². The van der Waals surface area contributed by atoms with Crippen LogP contribution in [0.3, 0.4) is 0 Å². The number of rotatable bonds is 8. The normalized spacial score (nSPS) is 12.7. The maximum absolute atomic E-state index is 5.98. The Morgan fingerprint density at radius 2 is 1.45 bits per heavy atom. The molecule has 5 nitrogen and oxygen atoms in total. The van der Waals surface area contributed by atoms with E-state index in [1.807, 2.05) is 43.3 Å². The van der Waals surface area contributed by atoms with E-state index in [-0.39, 0.29) is 6.17 Å². The molecule has 2 N–H and O–H groups in total. The minimum Gasteiger partial charge on any atom is -0.490 e. The van der Waals surface area contributed by atoms with Gasteiger partial charge >= 0.3 is 0 Å². The molecule has 1 heterocycles. The molecule has 0 spiro atoms. The summed E-state index contributed by atoms with van der Waals surface area (Å²) >= 11 is 3.43. The second-order valence-electron chi connectivity index (χ2n) is 7.72. The van der Waals surface area contributed by atoms with Crippen molar-refractivity contribution in [2.24, 2.45) is 0 Å². The van der Waals surface area contributed by atoms with Crippen LogP contribution in [0.2, 0.25) is 0 Å². The third-order valence-corrected chi connectivity index (χ3v) is 6.06. The fourth-order valence-corrected chi connectivity index (χ4v) is 4.29. The zero-order valence-electron chi connectivity index (χ0n) is 18.3. The van der Waals surface area contributed by atoms with Gasteiger partial charge in [0, 0.05) is 21.2 Å². The molecular formula is C27H25BrN2O3. The molecule has 0 saturated heterocycles. The van der Waals surface area contributed by atoms with Crippen LogP contribution in [0.5, 0.6) is 17.2 Å². The molecule has 0 bridgehead atoms. The molecule has 0 saturated carbocycles. The molecule has 0 atom stereocenters. The maximum Gasteiger partial charge on any atom is 0.161 e. The van der Waals surface area contributed by atoms with Crippen molar-refractivity contribution in [2.75, 3.05) is 30.5 Å². The molecule has 168 valence electrons. The summed E-state index contributed by atoms with van der Waals surface area (Å²) in [7, 11) is 0. The lowest BCUT2D eigenvalue weighted by Gasteiger charge is -2.30. The zero-order valence-corrected chi connectivity index (χ0v) is 19.9. The van der Waals surface area contributed by atoms with Crippen LogP contribution in [0, 0.1) is 0 Å². The molecule has 0 amide bonds. The van der Waals surface area contributed by atoms with E-state index in [9.17, 15) is 0 Å². The van der Waals surface area contributed by atoms with Crippen LogP contribution < -0.4 is 24.8 Å². The highest BCUT2D eigenvalue weighted by Crippen LogP contribution is 2.40. The van der Waals surface area contributed by atoms with Crippen molar-refractivity contribution in [1.82, 2.24) is 0 Å². The topological polar surface area (TPSA) is 51.8 Å². The van der Waals surface area contributed by atoms with E-state index in [0.29, 0.717) is 25.6 Å². The van der Waals surface area contributed by atoms with Gasteiger partial charge in [0.15, 0.2) is 11.5 Å². The van der Waals surface area contributed by atoms with E-state index in [1.54, 1.807) is 0 Å². The third-order valence-electron chi connectivity index (χ3n) is 5.53. The molecule has 1 aliphatic heterocycles. The molecule has 6 heteroatoms. The average molecular weight is 505 g/mol. The van der Waals surface area contributed by atoms with Crippen molar-refractivity contribution in [3.05, 3.63) is 88.9 Å². The number of hydrogen-bond donors (Lipinski definition) is 2. The third kappa shape index (κ3) is 4.71. The second kappa shape index (κ2) is 9.63. The Morgan fingerprint density at radius 3 is 2.15 bits per heavy atom. The summed E-state index contributed by atoms with van der Waals surface area (Å²) in [6, 6.07) is 26.5. The second-order valence-corrected chi connectivity index (χ2v) is 8.64. The predicted octanol–water partition coefficient (Wildman–Crippen LogP) is 7.00. The fraction of sp³-hybridized carbons (Fsp3) is 0.185. The number of ether oxygens (including phenoxy) is 3. The highest BCUT2D eigenvalue weighted by Gasteiger charge is 2.21. The van der Waals surface area contributed by atoms with Gasteiger partial charge in [-0.05, 0) is 66.4 Å². The quantitative estimate of drug-likeness (QED) is 0.253. The summed E-state index contributed by atoms with van der Waals surface area (Å²) in [6.45, 7) is 3.40. The number of benzene rings is 4. The highest BCUT2D eigenvalue weighted by molar-refractivity contribution is 9.10. The molecule has 0 fully saturated rings. The van der Waals surface area contributed by atoms with Crippen LogP contribution in [-0.2, 0) is 0 Å². The number of halogens is 1. The first-order chi connectivity index (χ1) is 16.2. The van der Waals surface area contributed by atoms with Crippen LogP contribution in [-0.4, -0.2) is 19.8 Å². The van der Waals surface area contributed by atoms with Crippen LogP contribution >= 0.6 is 15.9 Å². The Balaban J connectivity index is 1.29. The average Bonchev–Trinajstić information content (AvgIpc) is 2.84. The Hall–Kier alpha value is -3.38. The van der Waals surface area contributed by atoms with E-state index in [1.165, 1.54) is 10.8 Å². The van der Waals surface area contributed by atoms with Crippen molar-refractivity contribution in [2.45, 2.75) is 13.1 Å². The molecule has 1 aliphatic rings. The van der Waals surface area contributed by atoms with Gasteiger partial charge in [-0.1, -0.05) is 46.3 Å². The summed E-state index contributed by atoms with van der Waals surface area (Å²) in [6.07, 6.45) is -0.0699. The van der Waals surface area contributed by atoms with Crippen LogP contribution in [0.15, 0.2) is 83.3 Å². The molecule has 5 rings (SSSR count). The summed E-state index contributed by atoms with van der Waals surface area (Å²) in [5, 5.41) is 9.65. The van der Waals surface area contributed by atoms with Gasteiger partial charge in [-0.25, -0.2) is 0 Å². The zero-order chi connectivity index (χ0) is 22.6. The minimum absolute atomic E-state index is 0.0699. The Bertz CT molecular complexity index is 1220. The van der Waals surface area contributed by atoms with E-state index in [0.717, 1.165) is 32.9 Å². The largest absolute Gasteiger partial charge is 0.490 e. The minimum atomic E-state index is -0.0699. The van der Waals surface area contributed by atoms with Crippen molar-refractivity contribution in [3.63, 3.8) is 0 Å². The van der Waals surface area contributed by atoms with Gasteiger partial charge in [0.1, 0.15) is 25.1 Å². The van der Waals surface area contributed by atoms with E-state index in [4.69, 9.17) is 14.2 Å². The lowest BCUT2D eigenvalue weighted by Crippen LogP contribution is -2.23. The van der Waals surface area contributed by atoms with Crippen LogP contribution in [0.25, 0.3) is 10.8 Å². The van der Waals surface area contributed by atoms with E-state index >= 15 is 0 Å². The first-order valence-corrected chi connectivity index (χ1v) is 11.8. The van der Waals surface area contributed by atoms with Gasteiger partial charge in [0.25, 0.3) is 0 Å². The van der Waals surface area contributed by atoms with Crippen molar-refractivity contribution < 1.29 is 14.2 Å². The fourth-order valence-electron chi connectivity index (χ4n) is 4.03. The van der Waals surface area contributed by atoms with Gasteiger partial charge in [-0.3, -0.25) is 0 Å². The molecule has 0 radical (unpaired) electrons. The standard InChI is InChI=1S/C27H25BrN2O3/c1-2-31-25-17-19(9-14-24(25)33-16-15-32-21-12-10-20(28)11-13-21)27-29-22-7-3-5-18-6-4-8-23(30-27)26(18)22/h3-14,17,27,29-30H,2,15-16H2,1H3. The van der Waals surface area contributed by atoms with Gasteiger partial charge in [0.05, 0.1) is 6.61 Å². The summed E-state index contributed by atoms with van der Waals surface area (Å²) in [4.78, 5) is 0. The lowest BCUT2D eigenvalue weighted by atomic mass is 10.0. The van der Waals surface area contributed by atoms with E-state index in [2.05, 4.69) is 69.0 Å². The number of hydrogen-bond acceptors (Lipinski definition) is 5. The SMILES string of the molecule is CCOc1cc(C2Nc3cccc4cccc(c34)N2)ccc1OCCOc1ccc(Br)cc1. The van der Waals surface area contributed by atoms with E-state index < -0.39 is 0 Å². The number of anilines is 2. The van der Waals surface area contributed by atoms with Gasteiger partial charge in [-0.2, -0.15) is 0 Å². The Kier molecular flexibility index (Phi) is 6.26. The monoisotopic (exact) mass is 504 g/mol. The lowest BCUT2D eigenvalue weighted by molar-refractivity contribution is 0.208. The Labute approximate surface area is 201 Å². The maximum atomic E-state index is 5.98. The summed E-state index contributed by atoms with van der Waals surface area (Å²) in [5.74, 6) is 2.24. The molecule has 4 aromatic carbocycles. The van der Waals surface area contributed by atoms with Gasteiger partial charge < -0.3 is 24.8 Å². The Morgan fingerprint density at radius 1 is 0.758 bits per heavy atom. The van der Waals surface area contributed by atoms with Gasteiger partial charge in [0.2, 0.25) is 0 Å². The first-order valence-electron chi connectivity index (χ1n) is 11.0.